The van der Waals surface area contributed by atoms with E-state index in [1.165, 1.54) is 44.9 Å². The van der Waals surface area contributed by atoms with E-state index in [1.54, 1.807) is 5.57 Å². The molecule has 0 aromatic carbocycles. The van der Waals surface area contributed by atoms with Gasteiger partial charge in [0.25, 0.3) is 0 Å². The fourth-order valence-corrected chi connectivity index (χ4v) is 9.69. The van der Waals surface area contributed by atoms with E-state index in [2.05, 4.69) is 47.6 Å². The van der Waals surface area contributed by atoms with Crippen LogP contribution in [-0.2, 0) is 0 Å². The van der Waals surface area contributed by atoms with Crippen LogP contribution in [0.1, 0.15) is 120 Å². The van der Waals surface area contributed by atoms with E-state index in [4.69, 9.17) is 0 Å². The zero-order valence-electron chi connectivity index (χ0n) is 22.4. The van der Waals surface area contributed by atoms with Crippen molar-refractivity contribution >= 4 is 0 Å². The minimum atomic E-state index is -0.534. The van der Waals surface area contributed by atoms with Gasteiger partial charge in [0.15, 0.2) is 0 Å². The van der Waals surface area contributed by atoms with Gasteiger partial charge in [0, 0.05) is 5.41 Å². The third-order valence-electron chi connectivity index (χ3n) is 12.0. The van der Waals surface area contributed by atoms with Crippen molar-refractivity contribution in [3.63, 3.8) is 0 Å². The molecule has 0 heterocycles. The lowest BCUT2D eigenvalue weighted by molar-refractivity contribution is -0.145. The smallest absolute Gasteiger partial charge is 0.0628 e. The van der Waals surface area contributed by atoms with Crippen LogP contribution in [0.5, 0.6) is 0 Å². The molecule has 4 rings (SSSR count). The van der Waals surface area contributed by atoms with E-state index >= 15 is 0 Å². The minimum Gasteiger partial charge on any atom is -0.392 e. The van der Waals surface area contributed by atoms with Crippen molar-refractivity contribution in [2.75, 3.05) is 0 Å². The van der Waals surface area contributed by atoms with Crippen molar-refractivity contribution < 1.29 is 10.2 Å². The highest BCUT2D eigenvalue weighted by molar-refractivity contribution is 5.30. The maximum Gasteiger partial charge on any atom is 0.0628 e. The number of aliphatic hydroxyl groups excluding tert-OH is 1. The van der Waals surface area contributed by atoms with E-state index in [1.807, 2.05) is 13.8 Å². The summed E-state index contributed by atoms with van der Waals surface area (Å²) in [4.78, 5) is 0. The molecule has 0 amide bonds. The lowest BCUT2D eigenvalue weighted by Gasteiger charge is -2.66. The van der Waals surface area contributed by atoms with Crippen molar-refractivity contribution in [2.24, 2.45) is 45.3 Å². The van der Waals surface area contributed by atoms with Gasteiger partial charge >= 0.3 is 0 Å². The van der Waals surface area contributed by atoms with E-state index < -0.39 is 5.60 Å². The van der Waals surface area contributed by atoms with Crippen LogP contribution in [0.25, 0.3) is 0 Å². The van der Waals surface area contributed by atoms with Crippen LogP contribution in [0.4, 0.5) is 0 Å². The lowest BCUT2D eigenvalue weighted by Crippen LogP contribution is -2.59. The lowest BCUT2D eigenvalue weighted by atomic mass is 9.39. The maximum absolute atomic E-state index is 10.8. The Bertz CT molecular complexity index is 744. The summed E-state index contributed by atoms with van der Waals surface area (Å²) >= 11 is 0. The molecule has 0 spiro atoms. The first-order valence-electron chi connectivity index (χ1n) is 13.8. The van der Waals surface area contributed by atoms with E-state index in [0.29, 0.717) is 22.2 Å². The Hall–Kier alpha value is -0.340. The largest absolute Gasteiger partial charge is 0.392 e. The predicted molar refractivity (Wildman–Crippen MR) is 134 cm³/mol. The Morgan fingerprint density at radius 2 is 1.69 bits per heavy atom. The molecule has 0 aromatic rings. The molecule has 4 aliphatic carbocycles. The van der Waals surface area contributed by atoms with Crippen LogP contribution in [0.2, 0.25) is 0 Å². The molecule has 0 bridgehead atoms. The Balaban J connectivity index is 1.58. The van der Waals surface area contributed by atoms with Crippen LogP contribution < -0.4 is 0 Å². The van der Waals surface area contributed by atoms with E-state index in [0.717, 1.165) is 37.0 Å². The molecule has 0 radical (unpaired) electrons. The van der Waals surface area contributed by atoms with Gasteiger partial charge < -0.3 is 10.2 Å². The molecule has 2 nitrogen and oxygen atoms in total. The van der Waals surface area contributed by atoms with Crippen LogP contribution in [0.15, 0.2) is 11.6 Å². The highest BCUT2D eigenvalue weighted by Gasteiger charge is 2.67. The fraction of sp³-hybridized carbons (Fsp3) is 0.933. The highest BCUT2D eigenvalue weighted by Crippen LogP contribution is 2.75. The van der Waals surface area contributed by atoms with Gasteiger partial charge in [-0.25, -0.2) is 0 Å². The van der Waals surface area contributed by atoms with Crippen LogP contribution in [-0.4, -0.2) is 21.9 Å². The molecule has 32 heavy (non-hydrogen) atoms. The normalized spacial score (nSPS) is 46.6. The third-order valence-corrected chi connectivity index (χ3v) is 12.0. The summed E-state index contributed by atoms with van der Waals surface area (Å²) in [6, 6.07) is 0. The first-order valence-corrected chi connectivity index (χ1v) is 13.8. The van der Waals surface area contributed by atoms with Crippen LogP contribution in [0, 0.1) is 45.3 Å². The molecule has 0 aliphatic heterocycles. The highest BCUT2D eigenvalue weighted by atomic mass is 16.3. The van der Waals surface area contributed by atoms with Gasteiger partial charge in [-0.05, 0) is 105 Å². The summed E-state index contributed by atoms with van der Waals surface area (Å²) in [5.41, 5.74) is 2.21. The molecule has 0 aromatic heterocycles. The summed E-state index contributed by atoms with van der Waals surface area (Å²) in [6.07, 6.45) is 14.5. The molecule has 184 valence electrons. The first kappa shape index (κ1) is 24.8. The Morgan fingerprint density at radius 3 is 2.34 bits per heavy atom. The summed E-state index contributed by atoms with van der Waals surface area (Å²) in [5, 5.41) is 20.9. The number of hydrogen-bond acceptors (Lipinski definition) is 2. The SMILES string of the molecule is CC(CCCC(C)(C)O)C1CC[C@@]2(C)C3CC=C4C(CCC(O)C4(C)C)C3(C)CCC12C. The van der Waals surface area contributed by atoms with Gasteiger partial charge in [0.2, 0.25) is 0 Å². The van der Waals surface area contributed by atoms with Crippen molar-refractivity contribution in [1.82, 2.24) is 0 Å². The summed E-state index contributed by atoms with van der Waals surface area (Å²) in [7, 11) is 0. The summed E-state index contributed by atoms with van der Waals surface area (Å²) < 4.78 is 0. The van der Waals surface area contributed by atoms with Gasteiger partial charge in [0.1, 0.15) is 0 Å². The van der Waals surface area contributed by atoms with Gasteiger partial charge in [0.05, 0.1) is 11.7 Å². The van der Waals surface area contributed by atoms with E-state index in [9.17, 15) is 10.2 Å². The van der Waals surface area contributed by atoms with Gasteiger partial charge in [-0.1, -0.05) is 66.0 Å². The fourth-order valence-electron chi connectivity index (χ4n) is 9.69. The second kappa shape index (κ2) is 7.84. The maximum atomic E-state index is 10.8. The molecule has 8 atom stereocenters. The average Bonchev–Trinajstić information content (AvgIpc) is 2.95. The second-order valence-electron chi connectivity index (χ2n) is 14.5. The molecule has 4 aliphatic rings. The van der Waals surface area contributed by atoms with Crippen LogP contribution >= 0.6 is 0 Å². The van der Waals surface area contributed by atoms with Crippen molar-refractivity contribution in [3.05, 3.63) is 11.6 Å². The number of allylic oxidation sites excluding steroid dienone is 1. The molecule has 2 N–H and O–H groups in total. The number of hydrogen-bond donors (Lipinski definition) is 2. The average molecular weight is 445 g/mol. The number of fused-ring (bicyclic) bond motifs is 5. The molecule has 3 saturated carbocycles. The second-order valence-corrected chi connectivity index (χ2v) is 14.5. The molecule has 3 fully saturated rings. The Kier molecular flexibility index (Phi) is 6.07. The molecule has 7 unspecified atom stereocenters. The van der Waals surface area contributed by atoms with Crippen LogP contribution in [0.3, 0.4) is 0 Å². The molecule has 2 heteroatoms. The minimum absolute atomic E-state index is 0.0637. The van der Waals surface area contributed by atoms with Gasteiger partial charge in [-0.15, -0.1) is 0 Å². The Labute approximate surface area is 198 Å². The predicted octanol–water partition coefficient (Wildman–Crippen LogP) is 7.53. The van der Waals surface area contributed by atoms with Crippen molar-refractivity contribution in [1.29, 1.82) is 0 Å². The quantitative estimate of drug-likeness (QED) is 0.430. The topological polar surface area (TPSA) is 40.5 Å². The standard InChI is InChI=1S/C30H52O2/c1-20(10-9-16-26(2,3)32)21-15-17-30(8)24-13-11-22-23(12-14-25(31)27(22,4)5)28(24,6)18-19-29(21,30)7/h11,20-21,23-25,31-32H,9-10,12-19H2,1-8H3/t20?,21?,23?,24?,25?,28?,29?,30-/m0/s1. The van der Waals surface area contributed by atoms with Crippen molar-refractivity contribution in [2.45, 2.75) is 131 Å². The summed E-state index contributed by atoms with van der Waals surface area (Å²) in [6.45, 7) is 18.9. The van der Waals surface area contributed by atoms with Gasteiger partial charge in [-0.3, -0.25) is 0 Å². The molecule has 0 saturated heterocycles. The number of aliphatic hydroxyl groups is 2. The Morgan fingerprint density at radius 1 is 1.00 bits per heavy atom. The third kappa shape index (κ3) is 3.57. The monoisotopic (exact) mass is 444 g/mol. The zero-order chi connectivity index (χ0) is 23.7. The zero-order valence-corrected chi connectivity index (χ0v) is 22.4. The van der Waals surface area contributed by atoms with Gasteiger partial charge in [-0.2, -0.15) is 0 Å². The molecular formula is C30H52O2. The number of rotatable bonds is 5. The first-order chi connectivity index (χ1) is 14.7. The molecular weight excluding hydrogens is 392 g/mol. The van der Waals surface area contributed by atoms with E-state index in [-0.39, 0.29) is 11.5 Å². The van der Waals surface area contributed by atoms with Crippen molar-refractivity contribution in [3.8, 4) is 0 Å². The summed E-state index contributed by atoms with van der Waals surface area (Å²) in [5.74, 6) is 2.98.